The minimum Gasteiger partial charge on any atom is -0.453 e. The fourth-order valence-corrected chi connectivity index (χ4v) is 5.88. The topological polar surface area (TPSA) is 29.3 Å². The van der Waals surface area contributed by atoms with Crippen LogP contribution in [0.5, 0.6) is 0 Å². The minimum absolute atomic E-state index is 0.814. The summed E-state index contributed by atoms with van der Waals surface area (Å²) in [6.45, 7) is 0. The van der Waals surface area contributed by atoms with E-state index in [0.717, 1.165) is 55.3 Å². The zero-order valence-corrected chi connectivity index (χ0v) is 22.8. The molecule has 0 fully saturated rings. The number of aromatic nitrogens is 1. The highest BCUT2D eigenvalue weighted by Crippen LogP contribution is 2.43. The summed E-state index contributed by atoms with van der Waals surface area (Å²) in [5.41, 5.74) is 9.33. The Morgan fingerprint density at radius 2 is 1.10 bits per heavy atom. The van der Waals surface area contributed by atoms with E-state index in [1.807, 2.05) is 24.5 Å². The van der Waals surface area contributed by atoms with Crippen molar-refractivity contribution in [2.75, 3.05) is 4.90 Å². The second kappa shape index (κ2) is 10.1. The van der Waals surface area contributed by atoms with E-state index in [9.17, 15) is 0 Å². The van der Waals surface area contributed by atoms with Gasteiger partial charge in [-0.15, -0.1) is 0 Å². The van der Waals surface area contributed by atoms with Gasteiger partial charge in [-0.1, -0.05) is 115 Å². The molecule has 8 aromatic rings. The predicted molar refractivity (Wildman–Crippen MR) is 175 cm³/mol. The Morgan fingerprint density at radius 1 is 0.429 bits per heavy atom. The molecule has 0 atom stereocenters. The molecule has 2 heterocycles. The first kappa shape index (κ1) is 24.2. The third-order valence-corrected chi connectivity index (χ3v) is 7.94. The first-order valence-electron chi connectivity index (χ1n) is 14.1. The molecule has 0 spiro atoms. The van der Waals surface area contributed by atoms with Gasteiger partial charge in [0.25, 0.3) is 0 Å². The van der Waals surface area contributed by atoms with Gasteiger partial charge in [0.1, 0.15) is 11.3 Å². The molecule has 0 aliphatic carbocycles. The number of pyridine rings is 1. The Kier molecular flexibility index (Phi) is 5.79. The second-order valence-electron chi connectivity index (χ2n) is 10.5. The van der Waals surface area contributed by atoms with Crippen LogP contribution in [0.25, 0.3) is 55.0 Å². The molecule has 0 aliphatic heterocycles. The van der Waals surface area contributed by atoms with Gasteiger partial charge in [-0.25, -0.2) is 0 Å². The Balaban J connectivity index is 1.35. The van der Waals surface area contributed by atoms with Crippen molar-refractivity contribution >= 4 is 49.8 Å². The highest BCUT2D eigenvalue weighted by molar-refractivity contribution is 6.17. The normalized spacial score (nSPS) is 11.3. The number of furan rings is 1. The molecule has 198 valence electrons. The van der Waals surface area contributed by atoms with Crippen molar-refractivity contribution in [1.29, 1.82) is 0 Å². The van der Waals surface area contributed by atoms with E-state index >= 15 is 0 Å². The molecular weight excluding hydrogens is 512 g/mol. The van der Waals surface area contributed by atoms with Crippen LogP contribution in [0.4, 0.5) is 17.1 Å². The smallest absolute Gasteiger partial charge is 0.162 e. The number of benzene rings is 6. The summed E-state index contributed by atoms with van der Waals surface area (Å²) in [6, 6.07) is 51.0. The summed E-state index contributed by atoms with van der Waals surface area (Å²) in [6.07, 6.45) is 3.82. The van der Waals surface area contributed by atoms with Crippen molar-refractivity contribution in [2.24, 2.45) is 0 Å². The number of hydrogen-bond acceptors (Lipinski definition) is 3. The SMILES string of the molecule is c1ccc(-c2ccc(N(c3cccc(-c4ccccc4)c3)c3cncc4c3oc3c5ccccc5ccc43)cc2)cc1. The lowest BCUT2D eigenvalue weighted by atomic mass is 10.0. The van der Waals surface area contributed by atoms with Gasteiger partial charge in [-0.2, -0.15) is 0 Å². The molecule has 0 amide bonds. The van der Waals surface area contributed by atoms with E-state index in [4.69, 9.17) is 9.40 Å². The fourth-order valence-electron chi connectivity index (χ4n) is 5.88. The Bertz CT molecular complexity index is 2180. The van der Waals surface area contributed by atoms with Gasteiger partial charge in [-0.05, 0) is 58.0 Å². The monoisotopic (exact) mass is 538 g/mol. The summed E-state index contributed by atoms with van der Waals surface area (Å²) in [7, 11) is 0. The van der Waals surface area contributed by atoms with Crippen molar-refractivity contribution in [3.8, 4) is 22.3 Å². The molecule has 0 saturated carbocycles. The molecule has 2 aromatic heterocycles. The van der Waals surface area contributed by atoms with Crippen molar-refractivity contribution in [3.63, 3.8) is 0 Å². The average molecular weight is 539 g/mol. The van der Waals surface area contributed by atoms with Gasteiger partial charge < -0.3 is 9.32 Å². The molecule has 42 heavy (non-hydrogen) atoms. The molecule has 0 radical (unpaired) electrons. The van der Waals surface area contributed by atoms with Crippen molar-refractivity contribution in [2.45, 2.75) is 0 Å². The van der Waals surface area contributed by atoms with E-state index in [-0.39, 0.29) is 0 Å². The standard InChI is InChI=1S/C39H26N2O/c1-3-10-27(11-4-1)29-18-21-32(22-19-29)41(33-16-9-15-31(24-33)28-12-5-2-6-13-28)37-26-40-25-36-35-23-20-30-14-7-8-17-34(30)38(35)42-39(36)37/h1-26H. The molecule has 3 nitrogen and oxygen atoms in total. The van der Waals surface area contributed by atoms with Crippen LogP contribution in [0, 0.1) is 0 Å². The van der Waals surface area contributed by atoms with Gasteiger partial charge in [0.2, 0.25) is 0 Å². The summed E-state index contributed by atoms with van der Waals surface area (Å²) in [4.78, 5) is 6.98. The molecule has 0 N–H and O–H groups in total. The molecule has 0 bridgehead atoms. The van der Waals surface area contributed by atoms with Crippen molar-refractivity contribution in [1.82, 2.24) is 4.98 Å². The lowest BCUT2D eigenvalue weighted by Crippen LogP contribution is -2.10. The molecule has 0 unspecified atom stereocenters. The quantitative estimate of drug-likeness (QED) is 0.218. The Hall–Kier alpha value is -5.67. The first-order valence-corrected chi connectivity index (χ1v) is 14.1. The van der Waals surface area contributed by atoms with Crippen LogP contribution in [0.3, 0.4) is 0 Å². The fraction of sp³-hybridized carbons (Fsp3) is 0. The molecule has 6 aromatic carbocycles. The van der Waals surface area contributed by atoms with Gasteiger partial charge in [0.15, 0.2) is 5.58 Å². The number of fused-ring (bicyclic) bond motifs is 5. The molecule has 8 rings (SSSR count). The van der Waals surface area contributed by atoms with Gasteiger partial charge in [-0.3, -0.25) is 4.98 Å². The number of rotatable bonds is 5. The largest absolute Gasteiger partial charge is 0.453 e. The molecular formula is C39H26N2O. The Morgan fingerprint density at radius 3 is 1.88 bits per heavy atom. The van der Waals surface area contributed by atoms with Crippen molar-refractivity contribution < 1.29 is 4.42 Å². The van der Waals surface area contributed by atoms with Crippen LogP contribution in [0.15, 0.2) is 162 Å². The van der Waals surface area contributed by atoms with Crippen LogP contribution < -0.4 is 4.90 Å². The lowest BCUT2D eigenvalue weighted by molar-refractivity contribution is 0.672. The highest BCUT2D eigenvalue weighted by atomic mass is 16.3. The van der Waals surface area contributed by atoms with Crippen LogP contribution in [0.2, 0.25) is 0 Å². The third kappa shape index (κ3) is 4.11. The third-order valence-electron chi connectivity index (χ3n) is 7.94. The van der Waals surface area contributed by atoms with E-state index in [0.29, 0.717) is 0 Å². The van der Waals surface area contributed by atoms with Crippen molar-refractivity contribution in [3.05, 3.63) is 158 Å². The summed E-state index contributed by atoms with van der Waals surface area (Å²) >= 11 is 0. The minimum atomic E-state index is 0.814. The van der Waals surface area contributed by atoms with Crippen LogP contribution in [-0.2, 0) is 0 Å². The Labute approximate surface area is 243 Å². The predicted octanol–water partition coefficient (Wildman–Crippen LogP) is 10.9. The second-order valence-corrected chi connectivity index (χ2v) is 10.5. The molecule has 0 saturated heterocycles. The van der Waals surface area contributed by atoms with E-state index in [1.165, 1.54) is 16.7 Å². The summed E-state index contributed by atoms with van der Waals surface area (Å²) < 4.78 is 6.75. The van der Waals surface area contributed by atoms with Crippen LogP contribution in [-0.4, -0.2) is 4.98 Å². The number of hydrogen-bond donors (Lipinski definition) is 0. The average Bonchev–Trinajstić information content (AvgIpc) is 3.46. The van der Waals surface area contributed by atoms with Gasteiger partial charge in [0, 0.05) is 33.7 Å². The van der Waals surface area contributed by atoms with Gasteiger partial charge in [0.05, 0.1) is 6.20 Å². The highest BCUT2D eigenvalue weighted by Gasteiger charge is 2.21. The first-order chi connectivity index (χ1) is 20.8. The van der Waals surface area contributed by atoms with Crippen LogP contribution in [0.1, 0.15) is 0 Å². The maximum atomic E-state index is 6.75. The molecule has 0 aliphatic rings. The molecule has 3 heteroatoms. The number of anilines is 3. The maximum Gasteiger partial charge on any atom is 0.162 e. The van der Waals surface area contributed by atoms with Gasteiger partial charge >= 0.3 is 0 Å². The summed E-state index contributed by atoms with van der Waals surface area (Å²) in [5, 5.41) is 4.32. The lowest BCUT2D eigenvalue weighted by Gasteiger charge is -2.26. The maximum absolute atomic E-state index is 6.75. The number of nitrogens with zero attached hydrogens (tertiary/aromatic N) is 2. The zero-order valence-electron chi connectivity index (χ0n) is 22.8. The van der Waals surface area contributed by atoms with E-state index < -0.39 is 0 Å². The van der Waals surface area contributed by atoms with E-state index in [1.54, 1.807) is 0 Å². The van der Waals surface area contributed by atoms with E-state index in [2.05, 4.69) is 138 Å². The zero-order chi connectivity index (χ0) is 27.9. The summed E-state index contributed by atoms with van der Waals surface area (Å²) in [5.74, 6) is 0. The van der Waals surface area contributed by atoms with Crippen LogP contribution >= 0.6 is 0 Å².